The first-order valence-corrected chi connectivity index (χ1v) is 7.34. The van der Waals surface area contributed by atoms with E-state index in [9.17, 15) is 14.9 Å². The van der Waals surface area contributed by atoms with Crippen LogP contribution in [0.1, 0.15) is 0 Å². The van der Waals surface area contributed by atoms with E-state index in [4.69, 9.17) is 0 Å². The Kier molecular flexibility index (Phi) is 4.64. The lowest BCUT2D eigenvalue weighted by Crippen LogP contribution is -2.27. The molecule has 20 heavy (non-hydrogen) atoms. The summed E-state index contributed by atoms with van der Waals surface area (Å²) < 4.78 is 0.732. The van der Waals surface area contributed by atoms with Crippen molar-refractivity contribution >= 4 is 40.4 Å². The largest absolute Gasteiger partial charge is 0.315 e. The molecule has 0 unspecified atom stereocenters. The fourth-order valence-electron chi connectivity index (χ4n) is 1.39. The lowest BCUT2D eigenvalue weighted by molar-refractivity contribution is -0.384. The molecule has 0 saturated heterocycles. The second kappa shape index (κ2) is 6.44. The van der Waals surface area contributed by atoms with Gasteiger partial charge in [-0.2, -0.15) is 0 Å². The highest BCUT2D eigenvalue weighted by Crippen LogP contribution is 2.22. The van der Waals surface area contributed by atoms with E-state index in [2.05, 4.69) is 10.2 Å². The lowest BCUT2D eigenvalue weighted by Gasteiger charge is -2.16. The van der Waals surface area contributed by atoms with Gasteiger partial charge in [-0.25, -0.2) is 0 Å². The summed E-state index contributed by atoms with van der Waals surface area (Å²) in [5.74, 6) is 0.127. The minimum absolute atomic E-state index is 0.00201. The molecule has 0 aliphatic rings. The van der Waals surface area contributed by atoms with E-state index in [1.54, 1.807) is 24.7 Å². The van der Waals surface area contributed by atoms with Crippen molar-refractivity contribution in [2.24, 2.45) is 0 Å². The number of nitro groups is 1. The number of carbonyl (C=O) groups is 1. The molecule has 2 aromatic rings. The number of benzene rings is 1. The summed E-state index contributed by atoms with van der Waals surface area (Å²) in [4.78, 5) is 23.5. The van der Waals surface area contributed by atoms with Crippen LogP contribution in [0.25, 0.3) is 0 Å². The Balaban J connectivity index is 1.97. The Morgan fingerprint density at radius 1 is 1.45 bits per heavy atom. The number of hydrogen-bond acceptors (Lipinski definition) is 7. The van der Waals surface area contributed by atoms with E-state index in [-0.39, 0.29) is 17.3 Å². The van der Waals surface area contributed by atoms with Crippen molar-refractivity contribution < 1.29 is 9.72 Å². The van der Waals surface area contributed by atoms with Crippen LogP contribution in [0.2, 0.25) is 0 Å². The fraction of sp³-hybridized carbons (Fsp3) is 0.182. The van der Waals surface area contributed by atoms with Crippen LogP contribution in [-0.4, -0.2) is 33.8 Å². The van der Waals surface area contributed by atoms with Crippen LogP contribution in [0.15, 0.2) is 34.1 Å². The predicted molar refractivity (Wildman–Crippen MR) is 77.1 cm³/mol. The van der Waals surface area contributed by atoms with E-state index < -0.39 is 4.92 Å². The van der Waals surface area contributed by atoms with Crippen molar-refractivity contribution in [2.45, 2.75) is 4.34 Å². The van der Waals surface area contributed by atoms with E-state index in [1.807, 2.05) is 0 Å². The maximum atomic E-state index is 12.0. The third kappa shape index (κ3) is 3.52. The average Bonchev–Trinajstić information content (AvgIpc) is 2.97. The first kappa shape index (κ1) is 14.4. The zero-order chi connectivity index (χ0) is 14.5. The number of hydrogen-bond donors (Lipinski definition) is 0. The SMILES string of the molecule is CN(C(=O)CSc1nncs1)c1ccc([N+](=O)[O-])cc1. The monoisotopic (exact) mass is 310 g/mol. The number of thioether (sulfide) groups is 1. The molecule has 0 atom stereocenters. The van der Waals surface area contributed by atoms with E-state index in [0.717, 1.165) is 4.34 Å². The molecule has 0 N–H and O–H groups in total. The number of aromatic nitrogens is 2. The zero-order valence-electron chi connectivity index (χ0n) is 10.4. The van der Waals surface area contributed by atoms with Crippen LogP contribution in [-0.2, 0) is 4.79 Å². The molecule has 0 saturated carbocycles. The molecule has 0 radical (unpaired) electrons. The normalized spacial score (nSPS) is 10.2. The smallest absolute Gasteiger partial charge is 0.269 e. The summed E-state index contributed by atoms with van der Waals surface area (Å²) in [5, 5.41) is 18.1. The van der Waals surface area contributed by atoms with Gasteiger partial charge < -0.3 is 4.90 Å². The van der Waals surface area contributed by atoms with Crippen molar-refractivity contribution in [3.63, 3.8) is 0 Å². The summed E-state index contributed by atoms with van der Waals surface area (Å²) in [6.07, 6.45) is 0. The van der Waals surface area contributed by atoms with Gasteiger partial charge in [0.25, 0.3) is 5.69 Å². The highest BCUT2D eigenvalue weighted by molar-refractivity contribution is 8.01. The third-order valence-corrected chi connectivity index (χ3v) is 4.33. The number of anilines is 1. The molecule has 0 bridgehead atoms. The van der Waals surface area contributed by atoms with Crippen LogP contribution in [0.4, 0.5) is 11.4 Å². The molecule has 0 spiro atoms. The predicted octanol–water partition coefficient (Wildman–Crippen LogP) is 2.20. The van der Waals surface area contributed by atoms with Crippen molar-refractivity contribution in [3.8, 4) is 0 Å². The van der Waals surface area contributed by atoms with Crippen molar-refractivity contribution in [1.29, 1.82) is 0 Å². The van der Waals surface area contributed by atoms with Crippen LogP contribution in [0.5, 0.6) is 0 Å². The summed E-state index contributed by atoms with van der Waals surface area (Å²) in [7, 11) is 1.63. The molecule has 1 amide bonds. The Labute approximate surface area is 122 Å². The minimum atomic E-state index is -0.475. The Morgan fingerprint density at radius 3 is 2.70 bits per heavy atom. The maximum absolute atomic E-state index is 12.0. The molecule has 1 aromatic heterocycles. The quantitative estimate of drug-likeness (QED) is 0.478. The highest BCUT2D eigenvalue weighted by atomic mass is 32.2. The molecule has 1 heterocycles. The minimum Gasteiger partial charge on any atom is -0.315 e. The number of amides is 1. The van der Waals surface area contributed by atoms with E-state index in [1.165, 1.54) is 40.1 Å². The molecule has 1 aromatic carbocycles. The van der Waals surface area contributed by atoms with Gasteiger partial charge >= 0.3 is 0 Å². The van der Waals surface area contributed by atoms with E-state index >= 15 is 0 Å². The van der Waals surface area contributed by atoms with Gasteiger partial charge in [0, 0.05) is 24.9 Å². The van der Waals surface area contributed by atoms with Crippen LogP contribution in [0, 0.1) is 10.1 Å². The van der Waals surface area contributed by atoms with Gasteiger partial charge in [-0.1, -0.05) is 23.1 Å². The van der Waals surface area contributed by atoms with Gasteiger partial charge in [0.1, 0.15) is 5.51 Å². The first-order chi connectivity index (χ1) is 9.58. The average molecular weight is 310 g/mol. The van der Waals surface area contributed by atoms with Gasteiger partial charge in [0.15, 0.2) is 4.34 Å². The number of nitro benzene ring substituents is 1. The Bertz CT molecular complexity index is 601. The van der Waals surface area contributed by atoms with Crippen LogP contribution >= 0.6 is 23.1 Å². The van der Waals surface area contributed by atoms with Crippen molar-refractivity contribution in [3.05, 3.63) is 39.9 Å². The van der Waals surface area contributed by atoms with E-state index in [0.29, 0.717) is 5.69 Å². The molecule has 7 nitrogen and oxygen atoms in total. The van der Waals surface area contributed by atoms with Crippen molar-refractivity contribution in [1.82, 2.24) is 10.2 Å². The van der Waals surface area contributed by atoms with Crippen LogP contribution < -0.4 is 4.90 Å². The van der Waals surface area contributed by atoms with Gasteiger partial charge in [0.2, 0.25) is 5.91 Å². The second-order valence-corrected chi connectivity index (χ2v) is 5.78. The molecular formula is C11H10N4O3S2. The maximum Gasteiger partial charge on any atom is 0.269 e. The molecular weight excluding hydrogens is 300 g/mol. The standard InChI is InChI=1S/C11H10N4O3S2/c1-14(8-2-4-9(5-3-8)15(17)18)10(16)6-19-11-13-12-7-20-11/h2-5,7H,6H2,1H3. The van der Waals surface area contributed by atoms with Gasteiger partial charge in [-0.15, -0.1) is 10.2 Å². The third-order valence-electron chi connectivity index (χ3n) is 2.48. The molecule has 104 valence electrons. The number of rotatable bonds is 5. The fourth-order valence-corrected chi connectivity index (χ4v) is 2.79. The highest BCUT2D eigenvalue weighted by Gasteiger charge is 2.13. The van der Waals surface area contributed by atoms with Gasteiger partial charge in [0.05, 0.1) is 10.7 Å². The molecule has 2 rings (SSSR count). The topological polar surface area (TPSA) is 89.2 Å². The molecule has 0 fully saturated rings. The summed E-state index contributed by atoms with van der Waals surface area (Å²) in [6, 6.07) is 5.84. The summed E-state index contributed by atoms with van der Waals surface area (Å²) >= 11 is 2.68. The number of nitrogens with zero attached hydrogens (tertiary/aromatic N) is 4. The Morgan fingerprint density at radius 2 is 2.15 bits per heavy atom. The second-order valence-electron chi connectivity index (χ2n) is 3.72. The summed E-state index contributed by atoms with van der Waals surface area (Å²) in [5.41, 5.74) is 2.21. The molecule has 9 heteroatoms. The van der Waals surface area contributed by atoms with Gasteiger partial charge in [-0.05, 0) is 12.1 Å². The van der Waals surface area contributed by atoms with Crippen LogP contribution in [0.3, 0.4) is 0 Å². The van der Waals surface area contributed by atoms with Gasteiger partial charge in [-0.3, -0.25) is 14.9 Å². The molecule has 0 aliphatic carbocycles. The first-order valence-electron chi connectivity index (χ1n) is 5.48. The van der Waals surface area contributed by atoms with Crippen molar-refractivity contribution in [2.75, 3.05) is 17.7 Å². The number of non-ortho nitro benzene ring substituents is 1. The summed E-state index contributed by atoms with van der Waals surface area (Å²) in [6.45, 7) is 0. The lowest BCUT2D eigenvalue weighted by atomic mass is 10.2. The zero-order valence-corrected chi connectivity index (χ0v) is 12.1. The Hall–Kier alpha value is -2.00. The molecule has 0 aliphatic heterocycles. The number of carbonyl (C=O) groups excluding carboxylic acids is 1.